The van der Waals surface area contributed by atoms with Crippen molar-refractivity contribution in [3.05, 3.63) is 68.4 Å². The largest absolute Gasteiger partial charge is 0.487 e. The van der Waals surface area contributed by atoms with Crippen LogP contribution in [0.15, 0.2) is 48.5 Å². The van der Waals surface area contributed by atoms with E-state index in [0.717, 1.165) is 26.1 Å². The maximum absolute atomic E-state index is 6.34. The fourth-order valence-corrected chi connectivity index (χ4v) is 2.90. The second-order valence-corrected chi connectivity index (χ2v) is 6.42. The van der Waals surface area contributed by atoms with Crippen molar-refractivity contribution >= 4 is 34.2 Å². The van der Waals surface area contributed by atoms with Crippen molar-refractivity contribution < 1.29 is 4.74 Å². The third kappa shape index (κ3) is 3.28. The van der Waals surface area contributed by atoms with Crippen molar-refractivity contribution in [2.24, 2.45) is 0 Å². The SMILES string of the molecule is Cc1[nH]nc(-c2ccc(OCc3ccccc3)c(Cl)c2)c1I. The highest BCUT2D eigenvalue weighted by molar-refractivity contribution is 14.1. The van der Waals surface area contributed by atoms with Crippen molar-refractivity contribution in [1.82, 2.24) is 10.2 Å². The number of nitrogens with zero attached hydrogens (tertiary/aromatic N) is 1. The van der Waals surface area contributed by atoms with Crippen molar-refractivity contribution in [2.75, 3.05) is 0 Å². The molecule has 1 aromatic heterocycles. The van der Waals surface area contributed by atoms with Crippen LogP contribution in [-0.4, -0.2) is 10.2 Å². The predicted octanol–water partition coefficient (Wildman–Crippen LogP) is 5.22. The van der Waals surface area contributed by atoms with Gasteiger partial charge in [0.1, 0.15) is 18.1 Å². The van der Waals surface area contributed by atoms with Gasteiger partial charge in [-0.3, -0.25) is 5.10 Å². The molecule has 3 nitrogen and oxygen atoms in total. The smallest absolute Gasteiger partial charge is 0.138 e. The molecule has 112 valence electrons. The molecule has 0 atom stereocenters. The van der Waals surface area contributed by atoms with E-state index in [2.05, 4.69) is 32.8 Å². The Morgan fingerprint density at radius 2 is 1.95 bits per heavy atom. The molecule has 1 N–H and O–H groups in total. The van der Waals surface area contributed by atoms with Gasteiger partial charge in [-0.05, 0) is 53.3 Å². The Morgan fingerprint density at radius 3 is 2.59 bits per heavy atom. The van der Waals surface area contributed by atoms with Gasteiger partial charge in [-0.2, -0.15) is 5.10 Å². The molecular weight excluding hydrogens is 411 g/mol. The lowest BCUT2D eigenvalue weighted by Gasteiger charge is -2.09. The quantitative estimate of drug-likeness (QED) is 0.583. The molecule has 22 heavy (non-hydrogen) atoms. The molecule has 0 saturated heterocycles. The summed E-state index contributed by atoms with van der Waals surface area (Å²) in [5.74, 6) is 0.677. The first-order valence-corrected chi connectivity index (χ1v) is 8.28. The van der Waals surface area contributed by atoms with Gasteiger partial charge in [0.05, 0.1) is 8.59 Å². The van der Waals surface area contributed by atoms with Gasteiger partial charge >= 0.3 is 0 Å². The molecule has 1 heterocycles. The van der Waals surface area contributed by atoms with Crippen LogP contribution in [0.4, 0.5) is 0 Å². The van der Waals surface area contributed by atoms with Crippen LogP contribution in [0.1, 0.15) is 11.3 Å². The number of hydrogen-bond donors (Lipinski definition) is 1. The number of benzene rings is 2. The molecule has 0 fully saturated rings. The van der Waals surface area contributed by atoms with E-state index in [1.54, 1.807) is 0 Å². The molecule has 0 amide bonds. The lowest BCUT2D eigenvalue weighted by molar-refractivity contribution is 0.306. The zero-order valence-electron chi connectivity index (χ0n) is 11.9. The first kappa shape index (κ1) is 15.4. The monoisotopic (exact) mass is 424 g/mol. The highest BCUT2D eigenvalue weighted by Crippen LogP contribution is 2.32. The Morgan fingerprint density at radius 1 is 1.18 bits per heavy atom. The summed E-state index contributed by atoms with van der Waals surface area (Å²) in [6.45, 7) is 2.50. The molecule has 0 unspecified atom stereocenters. The van der Waals surface area contributed by atoms with Gasteiger partial charge < -0.3 is 4.74 Å². The Bertz CT molecular complexity index is 787. The summed E-state index contributed by atoms with van der Waals surface area (Å²) in [6.07, 6.45) is 0. The molecule has 0 saturated carbocycles. The van der Waals surface area contributed by atoms with Crippen molar-refractivity contribution in [1.29, 1.82) is 0 Å². The van der Waals surface area contributed by atoms with E-state index >= 15 is 0 Å². The van der Waals surface area contributed by atoms with Crippen LogP contribution in [0.25, 0.3) is 11.3 Å². The summed E-state index contributed by atoms with van der Waals surface area (Å²) in [7, 11) is 0. The maximum Gasteiger partial charge on any atom is 0.138 e. The Balaban J connectivity index is 1.79. The first-order chi connectivity index (χ1) is 10.6. The number of H-pyrrole nitrogens is 1. The lowest BCUT2D eigenvalue weighted by Crippen LogP contribution is -1.95. The van der Waals surface area contributed by atoms with Crippen molar-refractivity contribution in [2.45, 2.75) is 13.5 Å². The van der Waals surface area contributed by atoms with Crippen LogP contribution in [0, 0.1) is 10.5 Å². The van der Waals surface area contributed by atoms with Crippen LogP contribution >= 0.6 is 34.2 Å². The van der Waals surface area contributed by atoms with Crippen LogP contribution in [-0.2, 0) is 6.61 Å². The average Bonchev–Trinajstić information content (AvgIpc) is 2.87. The van der Waals surface area contributed by atoms with E-state index in [4.69, 9.17) is 16.3 Å². The minimum atomic E-state index is 0.499. The molecular formula is C17H14ClIN2O. The molecule has 0 bridgehead atoms. The summed E-state index contributed by atoms with van der Waals surface area (Å²) >= 11 is 8.62. The zero-order valence-corrected chi connectivity index (χ0v) is 14.9. The van der Waals surface area contributed by atoms with E-state index in [9.17, 15) is 0 Å². The molecule has 3 rings (SSSR count). The van der Waals surface area contributed by atoms with Gasteiger partial charge in [0.15, 0.2) is 0 Å². The van der Waals surface area contributed by atoms with E-state index in [1.807, 2.05) is 55.5 Å². The van der Waals surface area contributed by atoms with Gasteiger partial charge in [-0.25, -0.2) is 0 Å². The van der Waals surface area contributed by atoms with Crippen LogP contribution in [0.5, 0.6) is 5.75 Å². The van der Waals surface area contributed by atoms with Crippen LogP contribution in [0.2, 0.25) is 5.02 Å². The number of hydrogen-bond acceptors (Lipinski definition) is 2. The number of halogens is 2. The standard InChI is InChI=1S/C17H14ClIN2O/c1-11-16(19)17(21-20-11)13-7-8-15(14(18)9-13)22-10-12-5-3-2-4-6-12/h2-9H,10H2,1H3,(H,20,21). The fourth-order valence-electron chi connectivity index (χ4n) is 2.11. The number of aromatic amines is 1. The number of nitrogens with one attached hydrogen (secondary N) is 1. The van der Waals surface area contributed by atoms with Crippen molar-refractivity contribution in [3.8, 4) is 17.0 Å². The minimum Gasteiger partial charge on any atom is -0.487 e. The molecule has 2 aromatic carbocycles. The normalized spacial score (nSPS) is 10.7. The van der Waals surface area contributed by atoms with E-state index < -0.39 is 0 Å². The third-order valence-electron chi connectivity index (χ3n) is 3.32. The fraction of sp³-hybridized carbons (Fsp3) is 0.118. The number of aromatic nitrogens is 2. The van der Waals surface area contributed by atoms with Gasteiger partial charge in [-0.15, -0.1) is 0 Å². The third-order valence-corrected chi connectivity index (χ3v) is 4.93. The molecule has 0 aliphatic carbocycles. The summed E-state index contributed by atoms with van der Waals surface area (Å²) in [5, 5.41) is 7.89. The second kappa shape index (κ2) is 6.71. The van der Waals surface area contributed by atoms with Crippen LogP contribution in [0.3, 0.4) is 0 Å². The lowest BCUT2D eigenvalue weighted by atomic mass is 10.1. The number of rotatable bonds is 4. The van der Waals surface area contributed by atoms with Gasteiger partial charge in [0.25, 0.3) is 0 Å². The van der Waals surface area contributed by atoms with Gasteiger partial charge in [0, 0.05) is 11.3 Å². The summed E-state index contributed by atoms with van der Waals surface area (Å²) in [5.41, 5.74) is 4.05. The minimum absolute atomic E-state index is 0.499. The Kier molecular flexibility index (Phi) is 4.69. The molecule has 0 aliphatic heterocycles. The predicted molar refractivity (Wildman–Crippen MR) is 97.3 cm³/mol. The van der Waals surface area contributed by atoms with E-state index in [1.165, 1.54) is 0 Å². The van der Waals surface area contributed by atoms with Crippen molar-refractivity contribution in [3.63, 3.8) is 0 Å². The highest BCUT2D eigenvalue weighted by atomic mass is 127. The molecule has 0 radical (unpaired) electrons. The second-order valence-electron chi connectivity index (χ2n) is 4.93. The summed E-state index contributed by atoms with van der Waals surface area (Å²) in [6, 6.07) is 15.8. The number of aryl methyl sites for hydroxylation is 1. The van der Waals surface area contributed by atoms with E-state index in [0.29, 0.717) is 17.4 Å². The maximum atomic E-state index is 6.34. The average molecular weight is 425 g/mol. The molecule has 0 spiro atoms. The van der Waals surface area contributed by atoms with Gasteiger partial charge in [-0.1, -0.05) is 41.9 Å². The van der Waals surface area contributed by atoms with Crippen LogP contribution < -0.4 is 4.74 Å². The summed E-state index contributed by atoms with van der Waals surface area (Å²) < 4.78 is 6.89. The number of ether oxygens (including phenoxy) is 1. The Labute approximate surface area is 147 Å². The first-order valence-electron chi connectivity index (χ1n) is 6.82. The zero-order chi connectivity index (χ0) is 15.5. The van der Waals surface area contributed by atoms with E-state index in [-0.39, 0.29) is 0 Å². The van der Waals surface area contributed by atoms with Gasteiger partial charge in [0.2, 0.25) is 0 Å². The summed E-state index contributed by atoms with van der Waals surface area (Å²) in [4.78, 5) is 0. The Hall–Kier alpha value is -1.53. The topological polar surface area (TPSA) is 37.9 Å². The molecule has 3 aromatic rings. The highest BCUT2D eigenvalue weighted by Gasteiger charge is 2.12. The molecule has 5 heteroatoms. The molecule has 0 aliphatic rings.